The van der Waals surface area contributed by atoms with E-state index in [1.165, 1.54) is 30.9 Å². The molecular weight excluding hydrogens is 266 g/mol. The summed E-state index contributed by atoms with van der Waals surface area (Å²) in [7, 11) is 0. The average molecular weight is 279 g/mol. The van der Waals surface area contributed by atoms with Gasteiger partial charge in [-0.05, 0) is 31.5 Å². The number of pyridine rings is 1. The predicted molar refractivity (Wildman–Crippen MR) is 77.4 cm³/mol. The number of fused-ring (bicyclic) bond motifs is 1. The van der Waals surface area contributed by atoms with Gasteiger partial charge in [-0.25, -0.2) is 0 Å². The summed E-state index contributed by atoms with van der Waals surface area (Å²) in [5.74, 6) is 1.17. The molecule has 0 radical (unpaired) electrons. The molecule has 1 atom stereocenters. The van der Waals surface area contributed by atoms with E-state index >= 15 is 0 Å². The van der Waals surface area contributed by atoms with Gasteiger partial charge in [0.15, 0.2) is 0 Å². The molecule has 2 aromatic rings. The predicted octanol–water partition coefficient (Wildman–Crippen LogP) is 4.70. The van der Waals surface area contributed by atoms with E-state index in [1.54, 1.807) is 0 Å². The van der Waals surface area contributed by atoms with Gasteiger partial charge in [-0.3, -0.25) is 4.98 Å². The molecule has 0 N–H and O–H groups in total. The third kappa shape index (κ3) is 2.14. The molecule has 1 nitrogen and oxygen atoms in total. The largest absolute Gasteiger partial charge is 0.265 e. The van der Waals surface area contributed by atoms with E-state index in [-0.39, 0.29) is 0 Å². The van der Waals surface area contributed by atoms with E-state index in [4.69, 9.17) is 0 Å². The van der Waals surface area contributed by atoms with Crippen LogP contribution < -0.4 is 0 Å². The van der Waals surface area contributed by atoms with E-state index in [0.717, 1.165) is 0 Å². The van der Waals surface area contributed by atoms with Crippen LogP contribution in [-0.2, 0) is 0 Å². The van der Waals surface area contributed by atoms with Gasteiger partial charge in [-0.15, -0.1) is 34.9 Å². The number of hydrogen-bond donors (Lipinski definition) is 0. The van der Waals surface area contributed by atoms with Gasteiger partial charge < -0.3 is 0 Å². The summed E-state index contributed by atoms with van der Waals surface area (Å²) in [6.45, 7) is 4.47. The zero-order valence-corrected chi connectivity index (χ0v) is 12.2. The highest BCUT2D eigenvalue weighted by Crippen LogP contribution is 2.52. The molecule has 0 amide bonds. The molecule has 3 heterocycles. The molecule has 17 heavy (non-hydrogen) atoms. The fourth-order valence-corrected chi connectivity index (χ4v) is 6.37. The number of thiophene rings is 1. The van der Waals surface area contributed by atoms with Crippen LogP contribution in [0.5, 0.6) is 0 Å². The zero-order chi connectivity index (χ0) is 11.8. The molecule has 2 aromatic heterocycles. The van der Waals surface area contributed by atoms with Crippen molar-refractivity contribution < 1.29 is 0 Å². The van der Waals surface area contributed by atoms with Crippen molar-refractivity contribution in [3.8, 4) is 0 Å². The molecule has 0 saturated heterocycles. The maximum atomic E-state index is 4.09. The SMILES string of the molecule is Cc1sc(C)c2c1SCC(c1ccncc1)S2. The second-order valence-electron chi connectivity index (χ2n) is 4.07. The molecule has 0 saturated carbocycles. The van der Waals surface area contributed by atoms with Crippen molar-refractivity contribution in [1.82, 2.24) is 4.98 Å². The highest BCUT2D eigenvalue weighted by Gasteiger charge is 2.25. The van der Waals surface area contributed by atoms with Crippen molar-refractivity contribution in [2.45, 2.75) is 28.9 Å². The highest BCUT2D eigenvalue weighted by atomic mass is 32.2. The van der Waals surface area contributed by atoms with Gasteiger partial charge in [0.2, 0.25) is 0 Å². The average Bonchev–Trinajstić information content (AvgIpc) is 2.66. The first-order chi connectivity index (χ1) is 8.25. The number of aromatic nitrogens is 1. The highest BCUT2D eigenvalue weighted by molar-refractivity contribution is 8.06. The van der Waals surface area contributed by atoms with Crippen LogP contribution in [0.2, 0.25) is 0 Å². The molecule has 1 aliphatic rings. The van der Waals surface area contributed by atoms with Gasteiger partial charge in [0.05, 0.1) is 0 Å². The minimum atomic E-state index is 0.572. The summed E-state index contributed by atoms with van der Waals surface area (Å²) in [6.07, 6.45) is 3.78. The van der Waals surface area contributed by atoms with E-state index < -0.39 is 0 Å². The summed E-state index contributed by atoms with van der Waals surface area (Å²) in [5, 5.41) is 0.572. The van der Waals surface area contributed by atoms with Gasteiger partial charge in [0.25, 0.3) is 0 Å². The van der Waals surface area contributed by atoms with E-state index in [9.17, 15) is 0 Å². The molecule has 0 aliphatic carbocycles. The molecule has 1 aliphatic heterocycles. The zero-order valence-electron chi connectivity index (χ0n) is 9.77. The first-order valence-corrected chi connectivity index (χ1v) is 8.23. The minimum Gasteiger partial charge on any atom is -0.265 e. The number of hydrogen-bond acceptors (Lipinski definition) is 4. The lowest BCUT2D eigenvalue weighted by Crippen LogP contribution is -2.02. The van der Waals surface area contributed by atoms with Crippen LogP contribution >= 0.6 is 34.9 Å². The van der Waals surface area contributed by atoms with Gasteiger partial charge in [0.1, 0.15) is 0 Å². The van der Waals surface area contributed by atoms with E-state index in [0.29, 0.717) is 5.25 Å². The number of rotatable bonds is 1. The summed E-state index contributed by atoms with van der Waals surface area (Å²) >= 11 is 5.96. The Morgan fingerprint density at radius 3 is 2.59 bits per heavy atom. The van der Waals surface area contributed by atoms with Crippen molar-refractivity contribution in [2.24, 2.45) is 0 Å². The molecule has 0 fully saturated rings. The molecule has 88 valence electrons. The van der Waals surface area contributed by atoms with Crippen LogP contribution in [0, 0.1) is 13.8 Å². The van der Waals surface area contributed by atoms with Crippen molar-refractivity contribution in [3.05, 3.63) is 39.8 Å². The van der Waals surface area contributed by atoms with Crippen molar-refractivity contribution in [2.75, 3.05) is 5.75 Å². The Hall–Kier alpha value is -0.450. The summed E-state index contributed by atoms with van der Waals surface area (Å²) < 4.78 is 0. The molecular formula is C13H13NS3. The molecule has 0 spiro atoms. The smallest absolute Gasteiger partial charge is 0.0440 e. The second-order valence-corrected chi connectivity index (χ2v) is 7.74. The van der Waals surface area contributed by atoms with Crippen LogP contribution in [0.15, 0.2) is 34.3 Å². The Labute approximate surface area is 114 Å². The van der Waals surface area contributed by atoms with Crippen LogP contribution in [0.4, 0.5) is 0 Å². The molecule has 0 aromatic carbocycles. The Kier molecular flexibility index (Phi) is 3.19. The summed E-state index contributed by atoms with van der Waals surface area (Å²) in [5.41, 5.74) is 1.39. The van der Waals surface area contributed by atoms with E-state index in [2.05, 4.69) is 31.0 Å². The van der Waals surface area contributed by atoms with Crippen LogP contribution in [0.25, 0.3) is 0 Å². The maximum Gasteiger partial charge on any atom is 0.0440 e. The van der Waals surface area contributed by atoms with Crippen molar-refractivity contribution in [1.29, 1.82) is 0 Å². The molecule has 3 rings (SSSR count). The summed E-state index contributed by atoms with van der Waals surface area (Å²) in [6, 6.07) is 4.27. The standard InChI is InChI=1S/C13H13NS3/c1-8-12-13(9(2)16-8)17-11(7-15-12)10-3-5-14-6-4-10/h3-6,11H,7H2,1-2H3. The van der Waals surface area contributed by atoms with Gasteiger partial charge in [-0.2, -0.15) is 0 Å². The Balaban J connectivity index is 1.93. The topological polar surface area (TPSA) is 12.9 Å². The second kappa shape index (κ2) is 4.67. The third-order valence-corrected chi connectivity index (χ3v) is 7.26. The Morgan fingerprint density at radius 2 is 1.82 bits per heavy atom. The normalized spacial score (nSPS) is 19.1. The molecule has 1 unspecified atom stereocenters. The van der Waals surface area contributed by atoms with Crippen LogP contribution in [0.3, 0.4) is 0 Å². The van der Waals surface area contributed by atoms with Gasteiger partial charge in [-0.1, -0.05) is 0 Å². The van der Waals surface area contributed by atoms with Gasteiger partial charge >= 0.3 is 0 Å². The molecule has 0 bridgehead atoms. The molecule has 4 heteroatoms. The number of aryl methyl sites for hydroxylation is 2. The quantitative estimate of drug-likeness (QED) is 0.751. The van der Waals surface area contributed by atoms with Crippen LogP contribution in [-0.4, -0.2) is 10.7 Å². The first kappa shape index (κ1) is 11.6. The third-order valence-electron chi connectivity index (χ3n) is 2.87. The van der Waals surface area contributed by atoms with Gasteiger partial charge in [0, 0.05) is 42.9 Å². The minimum absolute atomic E-state index is 0.572. The monoisotopic (exact) mass is 279 g/mol. The Bertz CT molecular complexity index is 533. The van der Waals surface area contributed by atoms with Crippen molar-refractivity contribution >= 4 is 34.9 Å². The number of nitrogens with zero attached hydrogens (tertiary/aromatic N) is 1. The van der Waals surface area contributed by atoms with Crippen LogP contribution in [0.1, 0.15) is 20.6 Å². The van der Waals surface area contributed by atoms with E-state index in [1.807, 2.05) is 47.3 Å². The lowest BCUT2D eigenvalue weighted by Gasteiger charge is -2.22. The lowest BCUT2D eigenvalue weighted by atomic mass is 10.2. The summed E-state index contributed by atoms with van der Waals surface area (Å²) in [4.78, 5) is 10.1. The maximum absolute atomic E-state index is 4.09. The lowest BCUT2D eigenvalue weighted by molar-refractivity contribution is 1.06. The first-order valence-electron chi connectivity index (χ1n) is 5.55. The Morgan fingerprint density at radius 1 is 1.12 bits per heavy atom. The number of thioether (sulfide) groups is 2. The van der Waals surface area contributed by atoms with Crippen molar-refractivity contribution in [3.63, 3.8) is 0 Å². The fraction of sp³-hybridized carbons (Fsp3) is 0.308. The fourth-order valence-electron chi connectivity index (χ4n) is 2.02.